The molecule has 5 nitrogen and oxygen atoms in total. The second-order valence-electron chi connectivity index (χ2n) is 7.71. The van der Waals surface area contributed by atoms with Crippen LogP contribution in [0.1, 0.15) is 25.3 Å². The van der Waals surface area contributed by atoms with Crippen LogP contribution in [0.5, 0.6) is 0 Å². The summed E-state index contributed by atoms with van der Waals surface area (Å²) in [6.07, 6.45) is 5.32. The maximum atomic E-state index is 12.1. The monoisotopic (exact) mass is 409 g/mol. The van der Waals surface area contributed by atoms with Crippen molar-refractivity contribution in [1.82, 2.24) is 9.29 Å². The number of aromatic nitrogens is 1. The summed E-state index contributed by atoms with van der Waals surface area (Å²) < 4.78 is 25.9. The first kappa shape index (κ1) is 19.9. The van der Waals surface area contributed by atoms with E-state index in [1.807, 2.05) is 18.5 Å². The molecule has 0 spiro atoms. The highest BCUT2D eigenvalue weighted by Gasteiger charge is 2.26. The van der Waals surface area contributed by atoms with E-state index in [0.717, 1.165) is 29.3 Å². The van der Waals surface area contributed by atoms with Gasteiger partial charge in [0.2, 0.25) is 10.0 Å². The molecular formula is C23H27N3O2S. The number of benzene rings is 2. The number of rotatable bonds is 5. The topological polar surface area (TPSA) is 62.3 Å². The molecule has 1 aromatic heterocycles. The van der Waals surface area contributed by atoms with Crippen LogP contribution in [0.25, 0.3) is 21.9 Å². The van der Waals surface area contributed by atoms with Crippen LogP contribution in [0.3, 0.4) is 0 Å². The van der Waals surface area contributed by atoms with Gasteiger partial charge in [0, 0.05) is 42.6 Å². The highest BCUT2D eigenvalue weighted by Crippen LogP contribution is 2.32. The van der Waals surface area contributed by atoms with E-state index in [1.165, 1.54) is 16.7 Å². The van der Waals surface area contributed by atoms with Crippen LogP contribution in [0.4, 0.5) is 5.69 Å². The molecule has 6 heteroatoms. The molecule has 0 amide bonds. The molecule has 0 aliphatic carbocycles. The van der Waals surface area contributed by atoms with Gasteiger partial charge < -0.3 is 5.32 Å². The zero-order valence-corrected chi connectivity index (χ0v) is 17.7. The van der Waals surface area contributed by atoms with Crippen molar-refractivity contribution in [3.8, 4) is 11.1 Å². The minimum Gasteiger partial charge on any atom is -0.382 e. The maximum Gasteiger partial charge on any atom is 0.213 e. The molecule has 0 unspecified atom stereocenters. The molecular weight excluding hydrogens is 382 g/mol. The Morgan fingerprint density at radius 2 is 1.90 bits per heavy atom. The van der Waals surface area contributed by atoms with Gasteiger partial charge in [0.15, 0.2) is 0 Å². The van der Waals surface area contributed by atoms with Crippen molar-refractivity contribution in [2.24, 2.45) is 0 Å². The van der Waals surface area contributed by atoms with E-state index in [0.29, 0.717) is 13.1 Å². The number of hydrogen-bond donors (Lipinski definition) is 1. The Morgan fingerprint density at radius 1 is 1.10 bits per heavy atom. The minimum atomic E-state index is -3.10. The van der Waals surface area contributed by atoms with E-state index in [-0.39, 0.29) is 11.8 Å². The molecule has 0 atom stereocenters. The first-order chi connectivity index (χ1) is 14.0. The average Bonchev–Trinajstić information content (AvgIpc) is 2.74. The van der Waals surface area contributed by atoms with Crippen LogP contribution in [-0.4, -0.2) is 42.6 Å². The minimum absolute atomic E-state index is 0.167. The lowest BCUT2D eigenvalue weighted by atomic mass is 9.98. The summed E-state index contributed by atoms with van der Waals surface area (Å²) in [7, 11) is -3.10. The van der Waals surface area contributed by atoms with Crippen molar-refractivity contribution in [1.29, 1.82) is 0 Å². The first-order valence-electron chi connectivity index (χ1n) is 10.2. The fourth-order valence-corrected chi connectivity index (χ4v) is 5.12. The Balaban J connectivity index is 1.62. The predicted molar refractivity (Wildman–Crippen MR) is 120 cm³/mol. The van der Waals surface area contributed by atoms with E-state index in [4.69, 9.17) is 0 Å². The summed E-state index contributed by atoms with van der Waals surface area (Å²) in [6.45, 7) is 4.95. The van der Waals surface area contributed by atoms with Gasteiger partial charge in [0.05, 0.1) is 5.75 Å². The average molecular weight is 410 g/mol. The van der Waals surface area contributed by atoms with E-state index >= 15 is 0 Å². The molecule has 1 fully saturated rings. The van der Waals surface area contributed by atoms with Crippen LogP contribution < -0.4 is 5.32 Å². The van der Waals surface area contributed by atoms with Crippen LogP contribution in [0, 0.1) is 6.92 Å². The summed E-state index contributed by atoms with van der Waals surface area (Å²) in [5, 5.41) is 5.91. The third-order valence-corrected chi connectivity index (χ3v) is 7.56. The fourth-order valence-electron chi connectivity index (χ4n) is 3.99. The second-order valence-corrected chi connectivity index (χ2v) is 9.97. The number of pyridine rings is 1. The predicted octanol–water partition coefficient (Wildman–Crippen LogP) is 4.44. The molecule has 1 aliphatic rings. The molecule has 152 valence electrons. The van der Waals surface area contributed by atoms with Crippen molar-refractivity contribution >= 4 is 26.5 Å². The van der Waals surface area contributed by atoms with Crippen molar-refractivity contribution in [3.63, 3.8) is 0 Å². The molecule has 1 N–H and O–H groups in total. The molecule has 0 saturated carbocycles. The quantitative estimate of drug-likeness (QED) is 0.677. The van der Waals surface area contributed by atoms with Crippen molar-refractivity contribution in [3.05, 3.63) is 60.4 Å². The molecule has 2 heterocycles. The third kappa shape index (κ3) is 4.28. The van der Waals surface area contributed by atoms with Crippen molar-refractivity contribution < 1.29 is 8.42 Å². The number of hydrogen-bond acceptors (Lipinski definition) is 4. The zero-order chi connectivity index (χ0) is 20.4. The van der Waals surface area contributed by atoms with Gasteiger partial charge in [-0.25, -0.2) is 12.7 Å². The number of fused-ring (bicyclic) bond motifs is 1. The largest absolute Gasteiger partial charge is 0.382 e. The van der Waals surface area contributed by atoms with E-state index < -0.39 is 10.0 Å². The summed E-state index contributed by atoms with van der Waals surface area (Å²) in [4.78, 5) is 4.31. The zero-order valence-electron chi connectivity index (χ0n) is 16.9. The summed E-state index contributed by atoms with van der Waals surface area (Å²) in [5.74, 6) is 0.167. The van der Waals surface area contributed by atoms with Crippen molar-refractivity contribution in [2.75, 3.05) is 24.2 Å². The van der Waals surface area contributed by atoms with Gasteiger partial charge in [-0.05, 0) is 61.4 Å². The lowest BCUT2D eigenvalue weighted by Gasteiger charge is -2.32. The van der Waals surface area contributed by atoms with E-state index in [9.17, 15) is 8.42 Å². The van der Waals surface area contributed by atoms with Crippen LogP contribution >= 0.6 is 0 Å². The number of anilines is 1. The Kier molecular flexibility index (Phi) is 5.56. The van der Waals surface area contributed by atoms with Crippen molar-refractivity contribution in [2.45, 2.75) is 32.7 Å². The highest BCUT2D eigenvalue weighted by atomic mass is 32.2. The lowest BCUT2D eigenvalue weighted by Crippen LogP contribution is -2.42. The smallest absolute Gasteiger partial charge is 0.213 e. The summed E-state index contributed by atoms with van der Waals surface area (Å²) in [6, 6.07) is 15.2. The van der Waals surface area contributed by atoms with Gasteiger partial charge in [0.1, 0.15) is 0 Å². The fraction of sp³-hybridized carbons (Fsp3) is 0.348. The maximum absolute atomic E-state index is 12.1. The molecule has 0 bridgehead atoms. The molecule has 1 aliphatic heterocycles. The lowest BCUT2D eigenvalue weighted by molar-refractivity contribution is 0.330. The van der Waals surface area contributed by atoms with Gasteiger partial charge in [-0.15, -0.1) is 0 Å². The molecule has 1 saturated heterocycles. The van der Waals surface area contributed by atoms with Crippen LogP contribution in [-0.2, 0) is 10.0 Å². The van der Waals surface area contributed by atoms with Gasteiger partial charge in [0.25, 0.3) is 0 Å². The Bertz CT molecular complexity index is 1120. The summed E-state index contributed by atoms with van der Waals surface area (Å²) in [5.41, 5.74) is 4.65. The Labute approximate surface area is 172 Å². The highest BCUT2D eigenvalue weighted by molar-refractivity contribution is 7.89. The third-order valence-electron chi connectivity index (χ3n) is 5.68. The Hall–Kier alpha value is -2.44. The standard InChI is InChI=1S/C23H27N3O2S/c1-3-29(27,28)26-11-8-21(9-12-26)25-23-15-20(18-6-4-5-17(2)13-18)14-19-7-10-24-16-22(19)23/h4-7,10,13-16,21,25H,3,8-9,11-12H2,1-2H3. The second kappa shape index (κ2) is 8.13. The van der Waals surface area contributed by atoms with E-state index in [2.05, 4.69) is 53.6 Å². The normalized spacial score (nSPS) is 16.2. The van der Waals surface area contributed by atoms with Gasteiger partial charge in [-0.2, -0.15) is 0 Å². The molecule has 0 radical (unpaired) electrons. The molecule has 3 aromatic rings. The molecule has 2 aromatic carbocycles. The van der Waals surface area contributed by atoms with Crippen LogP contribution in [0.15, 0.2) is 54.9 Å². The van der Waals surface area contributed by atoms with Gasteiger partial charge >= 0.3 is 0 Å². The first-order valence-corrected chi connectivity index (χ1v) is 11.8. The number of piperidine rings is 1. The number of aryl methyl sites for hydroxylation is 1. The number of sulfonamides is 1. The number of nitrogens with one attached hydrogen (secondary N) is 1. The van der Waals surface area contributed by atoms with Gasteiger partial charge in [-0.3, -0.25) is 4.98 Å². The SMILES string of the molecule is CCS(=O)(=O)N1CCC(Nc2cc(-c3cccc(C)c3)cc3ccncc23)CC1. The molecule has 4 rings (SSSR count). The van der Waals surface area contributed by atoms with Crippen LogP contribution in [0.2, 0.25) is 0 Å². The van der Waals surface area contributed by atoms with Gasteiger partial charge in [-0.1, -0.05) is 29.8 Å². The Morgan fingerprint density at radius 3 is 2.62 bits per heavy atom. The van der Waals surface area contributed by atoms with E-state index in [1.54, 1.807) is 11.2 Å². The molecule has 29 heavy (non-hydrogen) atoms. The number of nitrogens with zero attached hydrogens (tertiary/aromatic N) is 2. The summed E-state index contributed by atoms with van der Waals surface area (Å²) >= 11 is 0.